The fourth-order valence-electron chi connectivity index (χ4n) is 8.58. The van der Waals surface area contributed by atoms with Gasteiger partial charge in [0.1, 0.15) is 0 Å². The van der Waals surface area contributed by atoms with Gasteiger partial charge in [0.05, 0.1) is 22.1 Å². The zero-order valence-corrected chi connectivity index (χ0v) is 30.0. The first-order valence-electron chi connectivity index (χ1n) is 18.9. The van der Waals surface area contributed by atoms with Crippen LogP contribution in [-0.4, -0.2) is 9.13 Å². The van der Waals surface area contributed by atoms with Crippen molar-refractivity contribution in [3.63, 3.8) is 0 Å². The van der Waals surface area contributed by atoms with Crippen molar-refractivity contribution in [1.29, 1.82) is 0 Å². The molecule has 0 atom stereocenters. The van der Waals surface area contributed by atoms with Crippen LogP contribution in [0.3, 0.4) is 0 Å². The molecule has 0 aliphatic heterocycles. The Hall–Kier alpha value is -7.36. The van der Waals surface area contributed by atoms with Crippen molar-refractivity contribution in [2.75, 3.05) is 4.90 Å². The summed E-state index contributed by atoms with van der Waals surface area (Å²) in [6, 6.07) is 76.8. The zero-order chi connectivity index (χ0) is 36.3. The molecule has 0 saturated carbocycles. The summed E-state index contributed by atoms with van der Waals surface area (Å²) in [5.41, 5.74) is 12.8. The Balaban J connectivity index is 1.11. The second-order valence-electron chi connectivity index (χ2n) is 14.2. The summed E-state index contributed by atoms with van der Waals surface area (Å²) < 4.78 is 4.89. The highest BCUT2D eigenvalue weighted by Gasteiger charge is 2.21. The fourth-order valence-corrected chi connectivity index (χ4v) is 8.58. The van der Waals surface area contributed by atoms with Gasteiger partial charge >= 0.3 is 0 Å². The number of fused-ring (bicyclic) bond motifs is 8. The van der Waals surface area contributed by atoms with Crippen molar-refractivity contribution in [2.24, 2.45) is 0 Å². The first kappa shape index (κ1) is 31.2. The van der Waals surface area contributed by atoms with Crippen molar-refractivity contribution >= 4 is 71.4 Å². The standard InChI is InChI=1S/C52H35N3/c1-3-13-36(14-4-1)38-23-26-42(27-24-38)54-49-22-12-10-20-47(49)51-50(54)34-33-46-45-19-9-11-21-48(45)55(52(46)51)43-31-29-41(30-32-43)53(40-17-5-2-6-18-40)44-28-25-37-15-7-8-16-39(37)35-44/h1-35H. The molecular weight excluding hydrogens is 667 g/mol. The Morgan fingerprint density at radius 3 is 1.62 bits per heavy atom. The minimum absolute atomic E-state index is 1.10. The van der Waals surface area contributed by atoms with E-state index >= 15 is 0 Å². The molecule has 0 fully saturated rings. The van der Waals surface area contributed by atoms with Crippen LogP contribution < -0.4 is 4.90 Å². The van der Waals surface area contributed by atoms with E-state index in [4.69, 9.17) is 0 Å². The monoisotopic (exact) mass is 701 g/mol. The highest BCUT2D eigenvalue weighted by Crippen LogP contribution is 2.43. The highest BCUT2D eigenvalue weighted by molar-refractivity contribution is 6.26. The minimum Gasteiger partial charge on any atom is -0.310 e. The largest absolute Gasteiger partial charge is 0.310 e. The lowest BCUT2D eigenvalue weighted by Crippen LogP contribution is -2.10. The summed E-state index contributed by atoms with van der Waals surface area (Å²) >= 11 is 0. The summed E-state index contributed by atoms with van der Waals surface area (Å²) in [7, 11) is 0. The Kier molecular flexibility index (Phi) is 7.17. The van der Waals surface area contributed by atoms with Crippen molar-refractivity contribution in [3.05, 3.63) is 212 Å². The summed E-state index contributed by atoms with van der Waals surface area (Å²) in [4.78, 5) is 2.34. The van der Waals surface area contributed by atoms with E-state index in [1.165, 1.54) is 65.5 Å². The molecule has 0 unspecified atom stereocenters. The van der Waals surface area contributed by atoms with Gasteiger partial charge in [0, 0.05) is 50.0 Å². The van der Waals surface area contributed by atoms with E-state index in [-0.39, 0.29) is 0 Å². The molecule has 0 N–H and O–H groups in total. The number of rotatable bonds is 6. The van der Waals surface area contributed by atoms with Gasteiger partial charge in [-0.25, -0.2) is 0 Å². The average molecular weight is 702 g/mol. The predicted octanol–water partition coefficient (Wildman–Crippen LogP) is 14.2. The molecule has 0 radical (unpaired) electrons. The first-order valence-corrected chi connectivity index (χ1v) is 18.9. The molecule has 258 valence electrons. The average Bonchev–Trinajstić information content (AvgIpc) is 3.78. The molecule has 9 aromatic carbocycles. The number of aromatic nitrogens is 2. The summed E-state index contributed by atoms with van der Waals surface area (Å²) in [5.74, 6) is 0. The molecule has 3 nitrogen and oxygen atoms in total. The maximum absolute atomic E-state index is 2.47. The quantitative estimate of drug-likeness (QED) is 0.168. The summed E-state index contributed by atoms with van der Waals surface area (Å²) in [6.45, 7) is 0. The van der Waals surface area contributed by atoms with Crippen LogP contribution in [0.1, 0.15) is 0 Å². The van der Waals surface area contributed by atoms with Crippen LogP contribution in [0, 0.1) is 0 Å². The Bertz CT molecular complexity index is 3170. The Labute approximate surface area is 319 Å². The maximum Gasteiger partial charge on any atom is 0.0641 e. The van der Waals surface area contributed by atoms with Crippen LogP contribution >= 0.6 is 0 Å². The van der Waals surface area contributed by atoms with Gasteiger partial charge in [-0.15, -0.1) is 0 Å². The molecule has 11 rings (SSSR count). The number of para-hydroxylation sites is 3. The third kappa shape index (κ3) is 5.05. The van der Waals surface area contributed by atoms with Gasteiger partial charge in [0.25, 0.3) is 0 Å². The Morgan fingerprint density at radius 2 is 0.855 bits per heavy atom. The molecule has 0 spiro atoms. The summed E-state index contributed by atoms with van der Waals surface area (Å²) in [6.07, 6.45) is 0. The van der Waals surface area contributed by atoms with Crippen LogP contribution in [0.25, 0.3) is 76.9 Å². The predicted molar refractivity (Wildman–Crippen MR) is 233 cm³/mol. The van der Waals surface area contributed by atoms with Gasteiger partial charge in [-0.1, -0.05) is 133 Å². The number of hydrogen-bond acceptors (Lipinski definition) is 1. The smallest absolute Gasteiger partial charge is 0.0641 e. The van der Waals surface area contributed by atoms with E-state index in [1.54, 1.807) is 0 Å². The normalized spacial score (nSPS) is 11.6. The van der Waals surface area contributed by atoms with Crippen LogP contribution in [0.4, 0.5) is 17.1 Å². The molecule has 11 aromatic rings. The highest BCUT2D eigenvalue weighted by atomic mass is 15.1. The number of benzene rings is 9. The third-order valence-corrected chi connectivity index (χ3v) is 11.1. The number of nitrogens with zero attached hydrogens (tertiary/aromatic N) is 3. The molecule has 2 heterocycles. The Morgan fingerprint density at radius 1 is 0.309 bits per heavy atom. The molecule has 0 aliphatic rings. The van der Waals surface area contributed by atoms with Crippen molar-refractivity contribution in [2.45, 2.75) is 0 Å². The van der Waals surface area contributed by atoms with Gasteiger partial charge in [-0.05, 0) is 101 Å². The van der Waals surface area contributed by atoms with Crippen molar-refractivity contribution in [1.82, 2.24) is 9.13 Å². The van der Waals surface area contributed by atoms with Crippen LogP contribution in [-0.2, 0) is 0 Å². The van der Waals surface area contributed by atoms with Crippen LogP contribution in [0.2, 0.25) is 0 Å². The molecule has 2 aromatic heterocycles. The van der Waals surface area contributed by atoms with Gasteiger partial charge in [-0.2, -0.15) is 0 Å². The molecule has 3 heteroatoms. The van der Waals surface area contributed by atoms with E-state index in [2.05, 4.69) is 226 Å². The third-order valence-electron chi connectivity index (χ3n) is 11.1. The molecule has 0 amide bonds. The lowest BCUT2D eigenvalue weighted by atomic mass is 10.1. The van der Waals surface area contributed by atoms with E-state index in [9.17, 15) is 0 Å². The molecule has 0 bridgehead atoms. The van der Waals surface area contributed by atoms with E-state index < -0.39 is 0 Å². The maximum atomic E-state index is 2.47. The second kappa shape index (κ2) is 12.6. The van der Waals surface area contributed by atoms with Gasteiger partial charge in [0.15, 0.2) is 0 Å². The molecule has 55 heavy (non-hydrogen) atoms. The van der Waals surface area contributed by atoms with Crippen LogP contribution in [0.5, 0.6) is 0 Å². The number of hydrogen-bond donors (Lipinski definition) is 0. The van der Waals surface area contributed by atoms with E-state index in [1.807, 2.05) is 0 Å². The number of anilines is 3. The SMILES string of the molecule is c1ccc(-c2ccc(-n3c4ccccc4c4c3ccc3c5ccccc5n(-c5ccc(N(c6ccccc6)c6ccc7ccccc7c6)cc5)c34)cc2)cc1. The molecule has 0 saturated heterocycles. The summed E-state index contributed by atoms with van der Waals surface area (Å²) in [5, 5.41) is 7.44. The lowest BCUT2D eigenvalue weighted by molar-refractivity contribution is 1.17. The minimum atomic E-state index is 1.10. The van der Waals surface area contributed by atoms with Gasteiger partial charge in [-0.3, -0.25) is 0 Å². The lowest BCUT2D eigenvalue weighted by Gasteiger charge is -2.26. The molecular formula is C52H35N3. The van der Waals surface area contributed by atoms with E-state index in [0.717, 1.165) is 28.4 Å². The fraction of sp³-hybridized carbons (Fsp3) is 0. The van der Waals surface area contributed by atoms with Gasteiger partial charge in [0.2, 0.25) is 0 Å². The van der Waals surface area contributed by atoms with Gasteiger partial charge < -0.3 is 14.0 Å². The first-order chi connectivity index (χ1) is 27.3. The molecule has 0 aliphatic carbocycles. The van der Waals surface area contributed by atoms with Crippen LogP contribution in [0.15, 0.2) is 212 Å². The zero-order valence-electron chi connectivity index (χ0n) is 30.0. The topological polar surface area (TPSA) is 13.1 Å². The van der Waals surface area contributed by atoms with Crippen molar-refractivity contribution < 1.29 is 0 Å². The van der Waals surface area contributed by atoms with E-state index in [0.29, 0.717) is 0 Å². The van der Waals surface area contributed by atoms with Crippen molar-refractivity contribution in [3.8, 4) is 22.5 Å². The second-order valence-corrected chi connectivity index (χ2v) is 14.2.